The molecule has 0 atom stereocenters. The smallest absolute Gasteiger partial charge is 0.0596 e. The van der Waals surface area contributed by atoms with Gasteiger partial charge in [-0.15, -0.1) is 0 Å². The minimum absolute atomic E-state index is 0.868. The molecule has 21 heavy (non-hydrogen) atoms. The Morgan fingerprint density at radius 1 is 0.381 bits per heavy atom. The molecule has 0 saturated heterocycles. The van der Waals surface area contributed by atoms with Crippen LogP contribution >= 0.6 is 0 Å². The molecule has 0 unspecified atom stereocenters. The molecule has 0 aromatic rings. The molecule has 2 aliphatic carbocycles. The van der Waals surface area contributed by atoms with Crippen molar-refractivity contribution in [2.24, 2.45) is 0 Å². The van der Waals surface area contributed by atoms with Gasteiger partial charge in [-0.05, 0) is 0 Å². The molecule has 2 saturated carbocycles. The van der Waals surface area contributed by atoms with E-state index in [4.69, 9.17) is 0 Å². The van der Waals surface area contributed by atoms with Crippen molar-refractivity contribution in [1.82, 2.24) is 0 Å². The first kappa shape index (κ1) is 17.5. The summed E-state index contributed by atoms with van der Waals surface area (Å²) in [6, 6.07) is 0. The third-order valence-electron chi connectivity index (χ3n) is 5.57. The summed E-state index contributed by atoms with van der Waals surface area (Å²) in [7, 11) is 7.55. The van der Waals surface area contributed by atoms with Crippen LogP contribution in [0.3, 0.4) is 0 Å². The molecule has 0 spiro atoms. The highest BCUT2D eigenvalue weighted by molar-refractivity contribution is 7.30. The molecule has 0 heterocycles. The van der Waals surface area contributed by atoms with Gasteiger partial charge >= 0.3 is 0 Å². The number of rotatable bonds is 4. The second-order valence-corrected chi connectivity index (χ2v) is 7.49. The summed E-state index contributed by atoms with van der Waals surface area (Å²) in [6.07, 6.45) is 23.4. The molecule has 0 aromatic heterocycles. The highest BCUT2D eigenvalue weighted by Crippen LogP contribution is 2.27. The molecule has 2 fully saturated rings. The molecule has 0 amide bonds. The Labute approximate surface area is 136 Å². The Kier molecular flexibility index (Phi) is 9.79. The monoisotopic (exact) mass is 283 g/mol. The van der Waals surface area contributed by atoms with Gasteiger partial charge in [0.25, 0.3) is 0 Å². The lowest BCUT2D eigenvalue weighted by Crippen LogP contribution is -2.22. The SMILES string of the molecule is [B]([B]C1CCCCCCCCC1)[B]C1CCCCCCC1. The van der Waals surface area contributed by atoms with Gasteiger partial charge in [0.05, 0.1) is 14.3 Å². The summed E-state index contributed by atoms with van der Waals surface area (Å²) >= 11 is 0. The second-order valence-electron chi connectivity index (χ2n) is 7.49. The first-order valence-corrected chi connectivity index (χ1v) is 9.97. The second kappa shape index (κ2) is 11.7. The van der Waals surface area contributed by atoms with E-state index in [9.17, 15) is 0 Å². The molecule has 0 bridgehead atoms. The molecule has 0 N–H and O–H groups in total. The van der Waals surface area contributed by atoms with E-state index in [2.05, 4.69) is 21.4 Å². The van der Waals surface area contributed by atoms with Gasteiger partial charge in [-0.3, -0.25) is 0 Å². The first-order valence-electron chi connectivity index (χ1n) is 9.97. The van der Waals surface area contributed by atoms with E-state index in [1.54, 1.807) is 0 Å². The predicted molar refractivity (Wildman–Crippen MR) is 98.6 cm³/mol. The van der Waals surface area contributed by atoms with Crippen LogP contribution < -0.4 is 0 Å². The fourth-order valence-electron chi connectivity index (χ4n) is 4.09. The Hall–Kier alpha value is 0.195. The van der Waals surface area contributed by atoms with Crippen LogP contribution in [-0.4, -0.2) is 21.4 Å². The van der Waals surface area contributed by atoms with Crippen LogP contribution in [0.15, 0.2) is 0 Å². The van der Waals surface area contributed by atoms with Crippen molar-refractivity contribution >= 4 is 21.4 Å². The quantitative estimate of drug-likeness (QED) is 0.574. The minimum Gasteiger partial charge on any atom is -0.0782 e. The van der Waals surface area contributed by atoms with Gasteiger partial charge in [0, 0.05) is 7.06 Å². The Morgan fingerprint density at radius 2 is 0.667 bits per heavy atom. The summed E-state index contributed by atoms with van der Waals surface area (Å²) in [4.78, 5) is 0. The maximum absolute atomic E-state index is 2.56. The van der Waals surface area contributed by atoms with E-state index in [0.717, 1.165) is 11.6 Å². The molecular formula is C18H34B3. The molecule has 0 nitrogen and oxygen atoms in total. The molecule has 0 aliphatic heterocycles. The van der Waals surface area contributed by atoms with Crippen LogP contribution in [0.5, 0.6) is 0 Å². The van der Waals surface area contributed by atoms with Crippen molar-refractivity contribution in [2.45, 2.75) is 114 Å². The lowest BCUT2D eigenvalue weighted by atomic mass is 9.14. The van der Waals surface area contributed by atoms with Crippen LogP contribution in [0, 0.1) is 0 Å². The van der Waals surface area contributed by atoms with Crippen LogP contribution in [-0.2, 0) is 0 Å². The Bertz CT molecular complexity index is 227. The molecule has 2 rings (SSSR count). The van der Waals surface area contributed by atoms with Crippen LogP contribution in [0.4, 0.5) is 0 Å². The van der Waals surface area contributed by atoms with Gasteiger partial charge in [0.1, 0.15) is 0 Å². The molecule has 3 radical (unpaired) electrons. The highest BCUT2D eigenvalue weighted by atomic mass is 14.1. The third-order valence-corrected chi connectivity index (χ3v) is 5.57. The number of hydrogen-bond acceptors (Lipinski definition) is 0. The predicted octanol–water partition coefficient (Wildman–Crippen LogP) is 5.77. The fourth-order valence-corrected chi connectivity index (χ4v) is 4.09. The maximum Gasteiger partial charge on any atom is 0.0596 e. The van der Waals surface area contributed by atoms with Gasteiger partial charge in [-0.25, -0.2) is 0 Å². The van der Waals surface area contributed by atoms with Crippen molar-refractivity contribution in [3.63, 3.8) is 0 Å². The molecule has 2 aliphatic rings. The molecule has 0 aromatic carbocycles. The van der Waals surface area contributed by atoms with E-state index >= 15 is 0 Å². The molecule has 115 valence electrons. The third kappa shape index (κ3) is 8.41. The average molecular weight is 283 g/mol. The van der Waals surface area contributed by atoms with E-state index in [1.807, 2.05) is 0 Å². The summed E-state index contributed by atoms with van der Waals surface area (Å²) in [5.74, 6) is 1.74. The zero-order valence-electron chi connectivity index (χ0n) is 14.2. The van der Waals surface area contributed by atoms with Gasteiger partial charge < -0.3 is 0 Å². The van der Waals surface area contributed by atoms with Crippen molar-refractivity contribution in [3.05, 3.63) is 0 Å². The Balaban J connectivity index is 1.60. The topological polar surface area (TPSA) is 0 Å². The van der Waals surface area contributed by atoms with Crippen LogP contribution in [0.2, 0.25) is 11.6 Å². The lowest BCUT2D eigenvalue weighted by molar-refractivity contribution is 0.502. The van der Waals surface area contributed by atoms with E-state index in [-0.39, 0.29) is 0 Å². The van der Waals surface area contributed by atoms with Gasteiger partial charge in [0.15, 0.2) is 0 Å². The zero-order chi connectivity index (χ0) is 14.6. The van der Waals surface area contributed by atoms with E-state index in [0.29, 0.717) is 0 Å². The summed E-state index contributed by atoms with van der Waals surface area (Å²) in [5.41, 5.74) is 0. The molecule has 3 heteroatoms. The first-order chi connectivity index (χ1) is 10.4. The summed E-state index contributed by atoms with van der Waals surface area (Å²) in [5, 5.41) is 0. The zero-order valence-corrected chi connectivity index (χ0v) is 14.2. The summed E-state index contributed by atoms with van der Waals surface area (Å²) < 4.78 is 0. The summed E-state index contributed by atoms with van der Waals surface area (Å²) in [6.45, 7) is 0. The van der Waals surface area contributed by atoms with E-state index in [1.165, 1.54) is 103 Å². The number of hydrogen-bond donors (Lipinski definition) is 0. The fraction of sp³-hybridized carbons (Fsp3) is 1.00. The van der Waals surface area contributed by atoms with Crippen molar-refractivity contribution in [1.29, 1.82) is 0 Å². The minimum atomic E-state index is 0.868. The van der Waals surface area contributed by atoms with Crippen molar-refractivity contribution < 1.29 is 0 Å². The Morgan fingerprint density at radius 3 is 1.00 bits per heavy atom. The largest absolute Gasteiger partial charge is 0.0782 e. The molecular weight excluding hydrogens is 249 g/mol. The van der Waals surface area contributed by atoms with Crippen molar-refractivity contribution in [2.75, 3.05) is 0 Å². The van der Waals surface area contributed by atoms with E-state index < -0.39 is 0 Å². The normalized spacial score (nSPS) is 24.6. The highest BCUT2D eigenvalue weighted by Gasteiger charge is 2.15. The lowest BCUT2D eigenvalue weighted by Gasteiger charge is -2.21. The van der Waals surface area contributed by atoms with Crippen LogP contribution in [0.25, 0.3) is 0 Å². The average Bonchev–Trinajstić information content (AvgIpc) is 2.47. The van der Waals surface area contributed by atoms with Gasteiger partial charge in [-0.1, -0.05) is 114 Å². The van der Waals surface area contributed by atoms with Crippen molar-refractivity contribution in [3.8, 4) is 0 Å². The van der Waals surface area contributed by atoms with Crippen LogP contribution in [0.1, 0.15) is 103 Å². The van der Waals surface area contributed by atoms with Gasteiger partial charge in [-0.2, -0.15) is 0 Å². The standard InChI is InChI=1S/C18H34B3/c1-2-5-9-13-17(14-10-6-3-1)19-21-20-18-15-11-7-4-8-12-16-18/h17-18H,1-16H2. The van der Waals surface area contributed by atoms with Gasteiger partial charge in [0.2, 0.25) is 0 Å². The maximum atomic E-state index is 2.56.